The van der Waals surface area contributed by atoms with Gasteiger partial charge in [0.05, 0.1) is 0 Å². The molecule has 0 saturated carbocycles. The summed E-state index contributed by atoms with van der Waals surface area (Å²) < 4.78 is 6.65. The molecule has 0 bridgehead atoms. The molecule has 0 fully saturated rings. The number of rotatable bonds is 5. The lowest BCUT2D eigenvalue weighted by molar-refractivity contribution is 0.515. The summed E-state index contributed by atoms with van der Waals surface area (Å²) in [6, 6.07) is 21.0. The molecule has 0 aliphatic carbocycles. The van der Waals surface area contributed by atoms with Crippen molar-refractivity contribution < 1.29 is 4.43 Å². The number of benzene rings is 2. The molecule has 2 heteroatoms. The summed E-state index contributed by atoms with van der Waals surface area (Å²) in [5.74, 6) is 0.991. The van der Waals surface area contributed by atoms with Gasteiger partial charge in [-0.1, -0.05) is 76.2 Å². The minimum atomic E-state index is -2.07. The fourth-order valence-electron chi connectivity index (χ4n) is 3.01. The minimum absolute atomic E-state index is 0.519. The lowest BCUT2D eigenvalue weighted by Crippen LogP contribution is -2.58. The molecular formula is C18H24OSi. The van der Waals surface area contributed by atoms with Crippen LogP contribution in [0.5, 0.6) is 5.75 Å². The molecule has 0 unspecified atom stereocenters. The predicted molar refractivity (Wildman–Crippen MR) is 89.1 cm³/mol. The van der Waals surface area contributed by atoms with Crippen LogP contribution in [0.4, 0.5) is 0 Å². The molecular weight excluding hydrogens is 260 g/mol. The Morgan fingerprint density at radius 3 is 1.60 bits per heavy atom. The molecule has 0 spiro atoms. The van der Waals surface area contributed by atoms with E-state index in [0.29, 0.717) is 11.1 Å². The molecule has 0 heterocycles. The van der Waals surface area contributed by atoms with Crippen molar-refractivity contribution in [1.82, 2.24) is 0 Å². The van der Waals surface area contributed by atoms with Crippen LogP contribution in [-0.2, 0) is 0 Å². The van der Waals surface area contributed by atoms with E-state index in [0.717, 1.165) is 5.75 Å². The van der Waals surface area contributed by atoms with Crippen LogP contribution in [0.15, 0.2) is 60.7 Å². The highest BCUT2D eigenvalue weighted by Crippen LogP contribution is 2.34. The van der Waals surface area contributed by atoms with Gasteiger partial charge in [0.25, 0.3) is 8.32 Å². The number of para-hydroxylation sites is 1. The Morgan fingerprint density at radius 2 is 1.15 bits per heavy atom. The molecule has 0 N–H and O–H groups in total. The molecule has 20 heavy (non-hydrogen) atoms. The van der Waals surface area contributed by atoms with Gasteiger partial charge in [-0.2, -0.15) is 0 Å². The van der Waals surface area contributed by atoms with Crippen molar-refractivity contribution >= 4 is 13.5 Å². The monoisotopic (exact) mass is 284 g/mol. The first-order valence-electron chi connectivity index (χ1n) is 7.37. The fourth-order valence-corrected chi connectivity index (χ4v) is 7.51. The Labute approximate surface area is 123 Å². The number of hydrogen-bond acceptors (Lipinski definition) is 1. The summed E-state index contributed by atoms with van der Waals surface area (Å²) in [5.41, 5.74) is 1.04. The van der Waals surface area contributed by atoms with Gasteiger partial charge in [-0.15, -0.1) is 0 Å². The van der Waals surface area contributed by atoms with E-state index in [1.54, 1.807) is 0 Å². The zero-order chi connectivity index (χ0) is 14.6. The van der Waals surface area contributed by atoms with Gasteiger partial charge in [0.2, 0.25) is 0 Å². The van der Waals surface area contributed by atoms with Gasteiger partial charge in [0.1, 0.15) is 5.75 Å². The van der Waals surface area contributed by atoms with Gasteiger partial charge in [-0.25, -0.2) is 0 Å². The summed E-state index contributed by atoms with van der Waals surface area (Å²) in [7, 11) is -2.07. The van der Waals surface area contributed by atoms with E-state index < -0.39 is 8.32 Å². The third-order valence-corrected chi connectivity index (χ3v) is 9.21. The van der Waals surface area contributed by atoms with Crippen molar-refractivity contribution in [2.45, 2.75) is 38.8 Å². The van der Waals surface area contributed by atoms with Gasteiger partial charge in [-0.3, -0.25) is 0 Å². The quantitative estimate of drug-likeness (QED) is 0.721. The van der Waals surface area contributed by atoms with Crippen molar-refractivity contribution in [2.24, 2.45) is 0 Å². The first-order chi connectivity index (χ1) is 9.57. The van der Waals surface area contributed by atoms with Gasteiger partial charge in [0.15, 0.2) is 0 Å². The Bertz CT molecular complexity index is 512. The Kier molecular flexibility index (Phi) is 4.66. The second-order valence-corrected chi connectivity index (χ2v) is 10.6. The summed E-state index contributed by atoms with van der Waals surface area (Å²) in [4.78, 5) is 0. The highest BCUT2D eigenvalue weighted by Gasteiger charge is 2.45. The first-order valence-corrected chi connectivity index (χ1v) is 9.43. The van der Waals surface area contributed by atoms with E-state index in [4.69, 9.17) is 4.43 Å². The van der Waals surface area contributed by atoms with Crippen molar-refractivity contribution in [3.05, 3.63) is 60.7 Å². The summed E-state index contributed by atoms with van der Waals surface area (Å²) in [5, 5.41) is 1.38. The van der Waals surface area contributed by atoms with Crippen LogP contribution in [0.3, 0.4) is 0 Å². The molecule has 0 aromatic heterocycles. The van der Waals surface area contributed by atoms with Gasteiger partial charge < -0.3 is 4.43 Å². The normalized spacial score (nSPS) is 11.9. The Hall–Kier alpha value is -1.54. The first kappa shape index (κ1) is 14.9. The van der Waals surface area contributed by atoms with Crippen molar-refractivity contribution in [3.63, 3.8) is 0 Å². The minimum Gasteiger partial charge on any atom is -0.538 e. The molecule has 2 aromatic rings. The van der Waals surface area contributed by atoms with Crippen LogP contribution < -0.4 is 9.61 Å². The smallest absolute Gasteiger partial charge is 0.287 e. The Balaban J connectivity index is 2.49. The average Bonchev–Trinajstić information content (AvgIpc) is 2.46. The van der Waals surface area contributed by atoms with Crippen LogP contribution in [0, 0.1) is 0 Å². The topological polar surface area (TPSA) is 9.23 Å². The van der Waals surface area contributed by atoms with Crippen LogP contribution in [0.1, 0.15) is 27.7 Å². The lowest BCUT2D eigenvalue weighted by Gasteiger charge is -2.39. The molecule has 0 atom stereocenters. The largest absolute Gasteiger partial charge is 0.538 e. The maximum atomic E-state index is 6.65. The van der Waals surface area contributed by atoms with Crippen LogP contribution in [-0.4, -0.2) is 8.32 Å². The molecule has 0 aliphatic heterocycles. The van der Waals surface area contributed by atoms with Crippen molar-refractivity contribution in [2.75, 3.05) is 0 Å². The van der Waals surface area contributed by atoms with E-state index in [-0.39, 0.29) is 0 Å². The van der Waals surface area contributed by atoms with E-state index in [1.807, 2.05) is 18.2 Å². The molecule has 0 amide bonds. The second-order valence-electron chi connectivity index (χ2n) is 5.88. The zero-order valence-electron chi connectivity index (χ0n) is 12.8. The van der Waals surface area contributed by atoms with Crippen molar-refractivity contribution in [3.8, 4) is 5.75 Å². The SMILES string of the molecule is CC(C)[Si](Oc1ccccc1)(c1ccccc1)C(C)C. The molecule has 0 aliphatic rings. The highest BCUT2D eigenvalue weighted by molar-refractivity contribution is 6.89. The number of hydrogen-bond donors (Lipinski definition) is 0. The van der Waals surface area contributed by atoms with Gasteiger partial charge >= 0.3 is 0 Å². The van der Waals surface area contributed by atoms with Crippen LogP contribution in [0.25, 0.3) is 0 Å². The lowest BCUT2D eigenvalue weighted by atomic mass is 10.3. The Morgan fingerprint density at radius 1 is 0.700 bits per heavy atom. The van der Waals surface area contributed by atoms with E-state index in [9.17, 15) is 0 Å². The van der Waals surface area contributed by atoms with E-state index in [2.05, 4.69) is 70.2 Å². The summed E-state index contributed by atoms with van der Waals surface area (Å²) >= 11 is 0. The molecule has 106 valence electrons. The average molecular weight is 284 g/mol. The van der Waals surface area contributed by atoms with Crippen LogP contribution >= 0.6 is 0 Å². The molecule has 0 saturated heterocycles. The van der Waals surface area contributed by atoms with Gasteiger partial charge in [0, 0.05) is 0 Å². The maximum absolute atomic E-state index is 6.65. The summed E-state index contributed by atoms with van der Waals surface area (Å²) in [6.45, 7) is 9.18. The fraction of sp³-hybridized carbons (Fsp3) is 0.333. The highest BCUT2D eigenvalue weighted by atomic mass is 28.4. The second kappa shape index (κ2) is 6.27. The molecule has 1 nitrogen and oxygen atoms in total. The van der Waals surface area contributed by atoms with Crippen LogP contribution in [0.2, 0.25) is 11.1 Å². The summed E-state index contributed by atoms with van der Waals surface area (Å²) in [6.07, 6.45) is 0. The van der Waals surface area contributed by atoms with E-state index >= 15 is 0 Å². The molecule has 2 rings (SSSR count). The third-order valence-electron chi connectivity index (χ3n) is 3.97. The van der Waals surface area contributed by atoms with Gasteiger partial charge in [-0.05, 0) is 28.4 Å². The molecule has 2 aromatic carbocycles. The third kappa shape index (κ3) is 2.80. The predicted octanol–water partition coefficient (Wildman–Crippen LogP) is 4.74. The maximum Gasteiger partial charge on any atom is 0.287 e. The standard InChI is InChI=1S/C18H24OSi/c1-15(2)20(16(3)4,18-13-9-6-10-14-18)19-17-11-7-5-8-12-17/h5-16H,1-4H3. The van der Waals surface area contributed by atoms with E-state index in [1.165, 1.54) is 5.19 Å². The zero-order valence-corrected chi connectivity index (χ0v) is 13.8. The molecule has 0 radical (unpaired) electrons. The van der Waals surface area contributed by atoms with Crippen molar-refractivity contribution in [1.29, 1.82) is 0 Å².